The van der Waals surface area contributed by atoms with Gasteiger partial charge in [0.15, 0.2) is 0 Å². The number of carbonyl (C=O) groups excluding carboxylic acids is 1. The van der Waals surface area contributed by atoms with E-state index in [0.717, 1.165) is 11.3 Å². The van der Waals surface area contributed by atoms with E-state index in [1.54, 1.807) is 32.2 Å². The minimum atomic E-state index is -0.510. The Labute approximate surface area is 172 Å². The number of benzene rings is 2. The summed E-state index contributed by atoms with van der Waals surface area (Å²) in [6, 6.07) is 15.3. The maximum Gasteiger partial charge on any atom is 0.273 e. The molecule has 1 heterocycles. The third-order valence-corrected chi connectivity index (χ3v) is 4.41. The van der Waals surface area contributed by atoms with Crippen LogP contribution in [-0.2, 0) is 0 Å². The van der Waals surface area contributed by atoms with Crippen LogP contribution in [0.25, 0.3) is 11.3 Å². The van der Waals surface area contributed by atoms with Crippen molar-refractivity contribution in [1.29, 1.82) is 0 Å². The Balaban J connectivity index is 1.51. The summed E-state index contributed by atoms with van der Waals surface area (Å²) in [6.45, 7) is 1.93. The van der Waals surface area contributed by atoms with Crippen LogP contribution in [0.3, 0.4) is 0 Å². The van der Waals surface area contributed by atoms with Crippen LogP contribution in [0.15, 0.2) is 54.6 Å². The molecule has 0 aliphatic heterocycles. The molecule has 2 aromatic carbocycles. The van der Waals surface area contributed by atoms with Crippen molar-refractivity contribution in [2.45, 2.75) is 6.92 Å². The zero-order chi connectivity index (χ0) is 21.5. The second-order valence-electron chi connectivity index (χ2n) is 6.30. The molecule has 0 bridgehead atoms. The average Bonchev–Trinajstić information content (AvgIpc) is 2.77. The third-order valence-electron chi connectivity index (χ3n) is 4.41. The van der Waals surface area contributed by atoms with Crippen LogP contribution in [0, 0.1) is 17.0 Å². The molecule has 0 saturated heterocycles. The second-order valence-corrected chi connectivity index (χ2v) is 6.30. The molecular formula is C21H20N4O5. The highest BCUT2D eigenvalue weighted by Crippen LogP contribution is 2.22. The maximum absolute atomic E-state index is 12.3. The number of hydrogen-bond acceptors (Lipinski definition) is 7. The van der Waals surface area contributed by atoms with Gasteiger partial charge in [-0.1, -0.05) is 6.07 Å². The number of amides is 1. The number of nitrogens with one attached hydrogen (secondary N) is 1. The molecule has 9 heteroatoms. The van der Waals surface area contributed by atoms with E-state index >= 15 is 0 Å². The lowest BCUT2D eigenvalue weighted by Gasteiger charge is -2.09. The molecule has 154 valence electrons. The molecule has 1 aromatic heterocycles. The zero-order valence-corrected chi connectivity index (χ0v) is 16.5. The van der Waals surface area contributed by atoms with Crippen LogP contribution in [0.1, 0.15) is 15.9 Å². The summed E-state index contributed by atoms with van der Waals surface area (Å²) in [6.07, 6.45) is 0. The molecule has 3 aromatic rings. The summed E-state index contributed by atoms with van der Waals surface area (Å²) in [5, 5.41) is 21.8. The predicted molar refractivity (Wildman–Crippen MR) is 110 cm³/mol. The highest BCUT2D eigenvalue weighted by molar-refractivity contribution is 5.96. The van der Waals surface area contributed by atoms with E-state index in [0.29, 0.717) is 17.1 Å². The standard InChI is InChI=1S/C21H20N4O5/c1-14-17(4-3-5-19(14)25(27)28)21(26)22-12-13-30-20-11-10-18(23-24-20)15-6-8-16(29-2)9-7-15/h3-11H,12-13H2,1-2H3,(H,22,26). The maximum atomic E-state index is 12.3. The molecule has 0 spiro atoms. The first-order valence-electron chi connectivity index (χ1n) is 9.12. The van der Waals surface area contributed by atoms with Gasteiger partial charge in [-0.2, -0.15) is 0 Å². The first-order chi connectivity index (χ1) is 14.5. The number of ether oxygens (including phenoxy) is 2. The van der Waals surface area contributed by atoms with Gasteiger partial charge in [-0.05, 0) is 43.3 Å². The van der Waals surface area contributed by atoms with Gasteiger partial charge in [0.05, 0.1) is 24.3 Å². The number of nitro benzene ring substituents is 1. The van der Waals surface area contributed by atoms with Crippen LogP contribution >= 0.6 is 0 Å². The summed E-state index contributed by atoms with van der Waals surface area (Å²) in [7, 11) is 1.61. The van der Waals surface area contributed by atoms with Gasteiger partial charge in [0.1, 0.15) is 12.4 Å². The van der Waals surface area contributed by atoms with E-state index in [2.05, 4.69) is 15.5 Å². The van der Waals surface area contributed by atoms with Crippen LogP contribution in [0.2, 0.25) is 0 Å². The highest BCUT2D eigenvalue weighted by atomic mass is 16.6. The van der Waals surface area contributed by atoms with E-state index in [-0.39, 0.29) is 24.4 Å². The molecule has 3 rings (SSSR count). The number of aromatic nitrogens is 2. The van der Waals surface area contributed by atoms with Gasteiger partial charge in [0, 0.05) is 28.8 Å². The Bertz CT molecular complexity index is 1040. The molecule has 9 nitrogen and oxygen atoms in total. The average molecular weight is 408 g/mol. The van der Waals surface area contributed by atoms with E-state index in [1.807, 2.05) is 24.3 Å². The monoisotopic (exact) mass is 408 g/mol. The normalized spacial score (nSPS) is 10.3. The molecule has 0 radical (unpaired) electrons. The Morgan fingerprint density at radius 3 is 2.50 bits per heavy atom. The van der Waals surface area contributed by atoms with Crippen molar-refractivity contribution in [2.75, 3.05) is 20.3 Å². The number of methoxy groups -OCH3 is 1. The minimum absolute atomic E-state index is 0.0916. The van der Waals surface area contributed by atoms with Gasteiger partial charge in [0.25, 0.3) is 11.6 Å². The molecule has 0 fully saturated rings. The SMILES string of the molecule is COc1ccc(-c2ccc(OCCNC(=O)c3cccc([N+](=O)[O-])c3C)nn2)cc1. The van der Waals surface area contributed by atoms with Gasteiger partial charge in [-0.15, -0.1) is 10.2 Å². The quantitative estimate of drug-likeness (QED) is 0.346. The molecule has 1 amide bonds. The fraction of sp³-hybridized carbons (Fsp3) is 0.190. The predicted octanol–water partition coefficient (Wildman–Crippen LogP) is 3.18. The lowest BCUT2D eigenvalue weighted by molar-refractivity contribution is -0.385. The molecule has 0 aliphatic rings. The lowest BCUT2D eigenvalue weighted by Crippen LogP contribution is -2.28. The Morgan fingerprint density at radius 1 is 1.10 bits per heavy atom. The van der Waals surface area contributed by atoms with Crippen LogP contribution in [0.5, 0.6) is 11.6 Å². The minimum Gasteiger partial charge on any atom is -0.497 e. The fourth-order valence-corrected chi connectivity index (χ4v) is 2.80. The van der Waals surface area contributed by atoms with Crippen molar-refractivity contribution >= 4 is 11.6 Å². The summed E-state index contributed by atoms with van der Waals surface area (Å²) in [5.74, 6) is 0.683. The summed E-state index contributed by atoms with van der Waals surface area (Å²) >= 11 is 0. The molecule has 0 aliphatic carbocycles. The van der Waals surface area contributed by atoms with E-state index in [9.17, 15) is 14.9 Å². The second kappa shape index (κ2) is 9.46. The highest BCUT2D eigenvalue weighted by Gasteiger charge is 2.17. The van der Waals surface area contributed by atoms with Crippen molar-refractivity contribution in [1.82, 2.24) is 15.5 Å². The van der Waals surface area contributed by atoms with E-state index in [1.165, 1.54) is 12.1 Å². The Hall–Kier alpha value is -4.01. The lowest BCUT2D eigenvalue weighted by atomic mass is 10.1. The summed E-state index contributed by atoms with van der Waals surface area (Å²) in [4.78, 5) is 22.8. The van der Waals surface area contributed by atoms with Crippen molar-refractivity contribution in [2.24, 2.45) is 0 Å². The Morgan fingerprint density at radius 2 is 1.87 bits per heavy atom. The zero-order valence-electron chi connectivity index (χ0n) is 16.5. The van der Waals surface area contributed by atoms with Crippen LogP contribution in [-0.4, -0.2) is 41.3 Å². The van der Waals surface area contributed by atoms with E-state index < -0.39 is 10.8 Å². The molecule has 1 N–H and O–H groups in total. The number of carbonyl (C=O) groups is 1. The van der Waals surface area contributed by atoms with Crippen molar-refractivity contribution in [3.8, 4) is 22.9 Å². The van der Waals surface area contributed by atoms with Gasteiger partial charge < -0.3 is 14.8 Å². The summed E-state index contributed by atoms with van der Waals surface area (Å²) in [5.41, 5.74) is 2.08. The van der Waals surface area contributed by atoms with Crippen LogP contribution < -0.4 is 14.8 Å². The topological polar surface area (TPSA) is 116 Å². The first kappa shape index (κ1) is 20.7. The van der Waals surface area contributed by atoms with Crippen molar-refractivity contribution < 1.29 is 19.2 Å². The van der Waals surface area contributed by atoms with Gasteiger partial charge in [0.2, 0.25) is 5.88 Å². The number of nitro groups is 1. The van der Waals surface area contributed by atoms with Gasteiger partial charge >= 0.3 is 0 Å². The molecule has 0 saturated carbocycles. The van der Waals surface area contributed by atoms with Crippen LogP contribution in [0.4, 0.5) is 5.69 Å². The smallest absolute Gasteiger partial charge is 0.273 e. The van der Waals surface area contributed by atoms with E-state index in [4.69, 9.17) is 9.47 Å². The fourth-order valence-electron chi connectivity index (χ4n) is 2.80. The molecule has 0 unspecified atom stereocenters. The van der Waals surface area contributed by atoms with Crippen molar-refractivity contribution in [3.05, 3.63) is 75.8 Å². The van der Waals surface area contributed by atoms with Gasteiger partial charge in [-0.3, -0.25) is 14.9 Å². The largest absolute Gasteiger partial charge is 0.497 e. The molecular weight excluding hydrogens is 388 g/mol. The number of nitrogens with zero attached hydrogens (tertiary/aromatic N) is 3. The molecule has 30 heavy (non-hydrogen) atoms. The number of hydrogen-bond donors (Lipinski definition) is 1. The Kier molecular flexibility index (Phi) is 6.53. The number of rotatable bonds is 8. The third kappa shape index (κ3) is 4.88. The summed E-state index contributed by atoms with van der Waals surface area (Å²) < 4.78 is 10.6. The molecule has 0 atom stereocenters. The van der Waals surface area contributed by atoms with Crippen molar-refractivity contribution in [3.63, 3.8) is 0 Å². The first-order valence-corrected chi connectivity index (χ1v) is 9.12. The van der Waals surface area contributed by atoms with Gasteiger partial charge in [-0.25, -0.2) is 0 Å².